The molecule has 0 spiro atoms. The van der Waals surface area contributed by atoms with Gasteiger partial charge in [0.15, 0.2) is 5.75 Å². The second-order valence-electron chi connectivity index (χ2n) is 5.97. The summed E-state index contributed by atoms with van der Waals surface area (Å²) in [7, 11) is 1.56. The van der Waals surface area contributed by atoms with E-state index in [4.69, 9.17) is 21.2 Å². The van der Waals surface area contributed by atoms with Gasteiger partial charge in [-0.15, -0.1) is 0 Å². The molecule has 150 valence electrons. The largest absolute Gasteiger partial charge is 0.494 e. The monoisotopic (exact) mass is 413 g/mol. The number of amides is 1. The van der Waals surface area contributed by atoms with Crippen molar-refractivity contribution in [1.82, 2.24) is 20.4 Å². The van der Waals surface area contributed by atoms with Gasteiger partial charge in [-0.25, -0.2) is 10.5 Å². The van der Waals surface area contributed by atoms with Crippen molar-refractivity contribution >= 4 is 28.9 Å². The number of nitrogens with zero attached hydrogens (tertiary/aromatic N) is 3. The van der Waals surface area contributed by atoms with Gasteiger partial charge in [0.2, 0.25) is 0 Å². The average molecular weight is 414 g/mol. The van der Waals surface area contributed by atoms with Gasteiger partial charge in [0.05, 0.1) is 48.2 Å². The molecule has 2 heterocycles. The molecule has 29 heavy (non-hydrogen) atoms. The van der Waals surface area contributed by atoms with Crippen LogP contribution in [0.1, 0.15) is 23.0 Å². The van der Waals surface area contributed by atoms with Gasteiger partial charge in [-0.3, -0.25) is 19.6 Å². The maximum atomic E-state index is 12.4. The molecule has 0 bridgehead atoms. The zero-order valence-corrected chi connectivity index (χ0v) is 16.9. The normalized spacial score (nSPS) is 10.5. The van der Waals surface area contributed by atoms with Crippen molar-refractivity contribution in [2.24, 2.45) is 0 Å². The van der Waals surface area contributed by atoms with Crippen molar-refractivity contribution in [3.8, 4) is 17.0 Å². The Balaban J connectivity index is 2.00. The van der Waals surface area contributed by atoms with Crippen LogP contribution in [0.25, 0.3) is 11.3 Å². The lowest BCUT2D eigenvalue weighted by Crippen LogP contribution is -2.24. The number of para-hydroxylation sites is 1. The highest BCUT2D eigenvalue weighted by Crippen LogP contribution is 2.37. The number of hydrogen-bond acceptors (Lipinski definition) is 7. The number of hydrogen-bond donors (Lipinski definition) is 2. The molecule has 0 saturated heterocycles. The third kappa shape index (κ3) is 4.79. The summed E-state index contributed by atoms with van der Waals surface area (Å²) in [5.41, 5.74) is 5.94. The minimum atomic E-state index is -0.446. The predicted octanol–water partition coefficient (Wildman–Crippen LogP) is 3.93. The lowest BCUT2D eigenvalue weighted by molar-refractivity contribution is 0.0365. The van der Waals surface area contributed by atoms with Crippen LogP contribution in [-0.4, -0.2) is 34.6 Å². The first-order valence-electron chi connectivity index (χ1n) is 8.84. The van der Waals surface area contributed by atoms with Crippen molar-refractivity contribution in [3.63, 3.8) is 0 Å². The first-order valence-corrected chi connectivity index (χ1v) is 9.22. The molecule has 0 fully saturated rings. The molecule has 0 unspecified atom stereocenters. The summed E-state index contributed by atoms with van der Waals surface area (Å²) in [5.74, 6) is 0.104. The molecule has 0 aliphatic rings. The Bertz CT molecular complexity index is 1010. The number of benzene rings is 1. The number of aromatic nitrogens is 3. The Kier molecular flexibility index (Phi) is 6.58. The smallest absolute Gasteiger partial charge is 0.278 e. The standard InChI is InChI=1S/C20H20ClN5O3/c1-4-29-26-20(27)14-10-24-18(21)8-16(14)25-15-7-5-6-13(19(15)28-3)17-11-22-12(2)9-23-17/h5-11H,4H2,1-3H3,(H,24,25)(H,26,27). The fraction of sp³-hybridized carbons (Fsp3) is 0.200. The van der Waals surface area contributed by atoms with E-state index >= 15 is 0 Å². The Morgan fingerprint density at radius 1 is 1.14 bits per heavy atom. The fourth-order valence-electron chi connectivity index (χ4n) is 2.64. The van der Waals surface area contributed by atoms with E-state index in [1.807, 2.05) is 25.1 Å². The maximum absolute atomic E-state index is 12.4. The highest BCUT2D eigenvalue weighted by atomic mass is 35.5. The Morgan fingerprint density at radius 3 is 2.66 bits per heavy atom. The van der Waals surface area contributed by atoms with Gasteiger partial charge < -0.3 is 10.1 Å². The summed E-state index contributed by atoms with van der Waals surface area (Å²) in [6.07, 6.45) is 4.75. The van der Waals surface area contributed by atoms with Crippen molar-refractivity contribution < 1.29 is 14.4 Å². The Labute approximate surface area is 173 Å². The zero-order valence-electron chi connectivity index (χ0n) is 16.2. The highest BCUT2D eigenvalue weighted by Gasteiger charge is 2.17. The number of carbonyl (C=O) groups excluding carboxylic acids is 1. The van der Waals surface area contributed by atoms with E-state index in [1.165, 1.54) is 6.20 Å². The molecule has 2 aromatic heterocycles. The van der Waals surface area contributed by atoms with E-state index in [2.05, 4.69) is 25.7 Å². The zero-order chi connectivity index (χ0) is 20.8. The van der Waals surface area contributed by atoms with Gasteiger partial charge in [0.1, 0.15) is 5.15 Å². The van der Waals surface area contributed by atoms with E-state index in [0.717, 1.165) is 11.3 Å². The van der Waals surface area contributed by atoms with Gasteiger partial charge in [-0.2, -0.15) is 0 Å². The molecule has 9 heteroatoms. The van der Waals surface area contributed by atoms with E-state index < -0.39 is 5.91 Å². The number of rotatable bonds is 7. The van der Waals surface area contributed by atoms with Crippen LogP contribution in [-0.2, 0) is 4.84 Å². The van der Waals surface area contributed by atoms with Crippen molar-refractivity contribution in [2.75, 3.05) is 19.0 Å². The van der Waals surface area contributed by atoms with Crippen LogP contribution < -0.4 is 15.5 Å². The van der Waals surface area contributed by atoms with Crippen LogP contribution in [0.2, 0.25) is 5.15 Å². The molecule has 1 aromatic carbocycles. The molecule has 0 radical (unpaired) electrons. The molecule has 8 nitrogen and oxygen atoms in total. The number of aryl methyl sites for hydroxylation is 1. The fourth-order valence-corrected chi connectivity index (χ4v) is 2.80. The van der Waals surface area contributed by atoms with Crippen molar-refractivity contribution in [2.45, 2.75) is 13.8 Å². The SMILES string of the molecule is CCONC(=O)c1cnc(Cl)cc1Nc1cccc(-c2cnc(C)cn2)c1OC. The van der Waals surface area contributed by atoms with E-state index in [0.29, 0.717) is 29.4 Å². The third-order valence-electron chi connectivity index (χ3n) is 3.97. The highest BCUT2D eigenvalue weighted by molar-refractivity contribution is 6.29. The molecular formula is C20H20ClN5O3. The number of ether oxygens (including phenoxy) is 1. The van der Waals surface area contributed by atoms with Crippen molar-refractivity contribution in [1.29, 1.82) is 0 Å². The number of hydroxylamine groups is 1. The number of nitrogens with one attached hydrogen (secondary N) is 2. The molecule has 0 aliphatic heterocycles. The molecule has 0 saturated carbocycles. The summed E-state index contributed by atoms with van der Waals surface area (Å²) in [6.45, 7) is 3.97. The molecule has 3 rings (SSSR count). The first-order chi connectivity index (χ1) is 14.0. The number of halogens is 1. The van der Waals surface area contributed by atoms with Crippen molar-refractivity contribution in [3.05, 3.63) is 59.3 Å². The van der Waals surface area contributed by atoms with Crippen LogP contribution in [0.15, 0.2) is 42.9 Å². The quantitative estimate of drug-likeness (QED) is 0.447. The number of anilines is 2. The van der Waals surface area contributed by atoms with E-state index in [9.17, 15) is 4.79 Å². The minimum absolute atomic E-state index is 0.236. The second-order valence-corrected chi connectivity index (χ2v) is 6.36. The van der Waals surface area contributed by atoms with E-state index in [1.54, 1.807) is 32.5 Å². The third-order valence-corrected chi connectivity index (χ3v) is 4.18. The summed E-state index contributed by atoms with van der Waals surface area (Å²) in [5, 5.41) is 3.43. The number of pyridine rings is 1. The number of methoxy groups -OCH3 is 1. The lowest BCUT2D eigenvalue weighted by Gasteiger charge is -2.17. The van der Waals surface area contributed by atoms with Gasteiger partial charge >= 0.3 is 0 Å². The first kappa shape index (κ1) is 20.5. The molecule has 2 N–H and O–H groups in total. The van der Waals surface area contributed by atoms with Crippen LogP contribution in [0.4, 0.5) is 11.4 Å². The van der Waals surface area contributed by atoms with Crippen LogP contribution in [0, 0.1) is 6.92 Å². The molecule has 3 aromatic rings. The van der Waals surface area contributed by atoms with Gasteiger partial charge in [-0.1, -0.05) is 17.7 Å². The lowest BCUT2D eigenvalue weighted by atomic mass is 10.1. The van der Waals surface area contributed by atoms with Gasteiger partial charge in [0.25, 0.3) is 5.91 Å². The Hall–Kier alpha value is -3.23. The number of carbonyl (C=O) groups is 1. The predicted molar refractivity (Wildman–Crippen MR) is 110 cm³/mol. The molecular weight excluding hydrogens is 394 g/mol. The summed E-state index contributed by atoms with van der Waals surface area (Å²) in [6, 6.07) is 7.11. The van der Waals surface area contributed by atoms with Crippen LogP contribution in [0.5, 0.6) is 5.75 Å². The van der Waals surface area contributed by atoms with Gasteiger partial charge in [-0.05, 0) is 32.0 Å². The summed E-state index contributed by atoms with van der Waals surface area (Å²) in [4.78, 5) is 30.1. The maximum Gasteiger partial charge on any atom is 0.278 e. The molecule has 0 atom stereocenters. The van der Waals surface area contributed by atoms with Crippen LogP contribution >= 0.6 is 11.6 Å². The van der Waals surface area contributed by atoms with E-state index in [-0.39, 0.29) is 10.7 Å². The minimum Gasteiger partial charge on any atom is -0.494 e. The van der Waals surface area contributed by atoms with Crippen LogP contribution in [0.3, 0.4) is 0 Å². The topological polar surface area (TPSA) is 98.3 Å². The Morgan fingerprint density at radius 2 is 1.97 bits per heavy atom. The van der Waals surface area contributed by atoms with Gasteiger partial charge in [0, 0.05) is 18.0 Å². The summed E-state index contributed by atoms with van der Waals surface area (Å²) >= 11 is 6.04. The second kappa shape index (κ2) is 9.31. The molecule has 0 aliphatic carbocycles. The molecule has 1 amide bonds. The summed E-state index contributed by atoms with van der Waals surface area (Å²) < 4.78 is 5.62. The average Bonchev–Trinajstić information content (AvgIpc) is 2.72.